The highest BCUT2D eigenvalue weighted by Crippen LogP contribution is 2.45. The van der Waals surface area contributed by atoms with E-state index in [4.69, 9.17) is 9.47 Å². The lowest BCUT2D eigenvalue weighted by atomic mass is 9.88. The fourth-order valence-electron chi connectivity index (χ4n) is 9.50. The molecule has 67 heavy (non-hydrogen) atoms. The molecule has 338 valence electrons. The molecule has 0 N–H and O–H groups in total. The van der Waals surface area contributed by atoms with Gasteiger partial charge in [0.2, 0.25) is 23.6 Å². The van der Waals surface area contributed by atoms with Crippen molar-refractivity contribution >= 4 is 46.4 Å². The SMILES string of the molecule is COc1cc(C(=O)N2c3ccccc3[C@@H](N(C(=O)CCC(=O)N(c3ccccc3)[C@H]3C[C@@H](C)N(C(=O)c4ccc(-n5cnnc5)cc4)c4ccccc43)c3ccccc3)C[C@H]2C)cc(OC)n1. The van der Waals surface area contributed by atoms with Crippen molar-refractivity contribution in [3.8, 4) is 17.4 Å². The number of carbonyl (C=O) groups is 4. The zero-order chi connectivity index (χ0) is 46.6. The lowest BCUT2D eigenvalue weighted by Crippen LogP contribution is -2.48. The van der Waals surface area contributed by atoms with Crippen molar-refractivity contribution in [2.75, 3.05) is 33.8 Å². The third-order valence-corrected chi connectivity index (χ3v) is 12.6. The van der Waals surface area contributed by atoms with Crippen LogP contribution >= 0.6 is 0 Å². The topological polar surface area (TPSA) is 143 Å². The Balaban J connectivity index is 1.000. The molecule has 4 heterocycles. The number of pyridine rings is 1. The molecular formula is C53H50N8O6. The number of rotatable bonds is 12. The Kier molecular flexibility index (Phi) is 12.6. The average molecular weight is 895 g/mol. The Morgan fingerprint density at radius 2 is 0.970 bits per heavy atom. The molecule has 2 aliphatic heterocycles. The summed E-state index contributed by atoms with van der Waals surface area (Å²) in [6, 6.07) is 43.3. The van der Waals surface area contributed by atoms with Crippen molar-refractivity contribution in [2.24, 2.45) is 0 Å². The summed E-state index contributed by atoms with van der Waals surface area (Å²) in [5, 5.41) is 7.77. The van der Waals surface area contributed by atoms with Crippen molar-refractivity contribution in [2.45, 2.75) is 63.7 Å². The Labute approximate surface area is 389 Å². The summed E-state index contributed by atoms with van der Waals surface area (Å²) in [7, 11) is 2.97. The van der Waals surface area contributed by atoms with Crippen molar-refractivity contribution in [1.82, 2.24) is 19.7 Å². The van der Waals surface area contributed by atoms with Gasteiger partial charge in [0.15, 0.2) is 0 Å². The summed E-state index contributed by atoms with van der Waals surface area (Å²) < 4.78 is 12.5. The average Bonchev–Trinajstić information content (AvgIpc) is 3.92. The Bertz CT molecular complexity index is 2870. The van der Waals surface area contributed by atoms with Crippen LogP contribution in [0.5, 0.6) is 11.8 Å². The number of hydrogen-bond donors (Lipinski definition) is 0. The third kappa shape index (κ3) is 8.73. The van der Waals surface area contributed by atoms with Gasteiger partial charge in [0.1, 0.15) is 12.7 Å². The number of benzene rings is 5. The van der Waals surface area contributed by atoms with E-state index in [1.807, 2.05) is 140 Å². The quantitative estimate of drug-likeness (QED) is 0.117. The van der Waals surface area contributed by atoms with E-state index in [0.29, 0.717) is 41.0 Å². The molecule has 0 unspecified atom stereocenters. The van der Waals surface area contributed by atoms with Crippen LogP contribution in [0.25, 0.3) is 5.69 Å². The van der Waals surface area contributed by atoms with Gasteiger partial charge in [-0.2, -0.15) is 4.98 Å². The number of para-hydroxylation sites is 4. The minimum Gasteiger partial charge on any atom is -0.481 e. The van der Waals surface area contributed by atoms with Crippen molar-refractivity contribution in [1.29, 1.82) is 0 Å². The van der Waals surface area contributed by atoms with Crippen LogP contribution in [0.15, 0.2) is 158 Å². The highest BCUT2D eigenvalue weighted by molar-refractivity contribution is 6.09. The molecule has 7 aromatic rings. The first-order valence-corrected chi connectivity index (χ1v) is 22.3. The predicted molar refractivity (Wildman–Crippen MR) is 256 cm³/mol. The number of anilines is 4. The molecule has 9 rings (SSSR count). The number of amides is 4. The van der Waals surface area contributed by atoms with Crippen molar-refractivity contribution < 1.29 is 28.7 Å². The maximum Gasteiger partial charge on any atom is 0.258 e. The number of methoxy groups -OCH3 is 2. The van der Waals surface area contributed by atoms with Gasteiger partial charge in [-0.25, -0.2) is 0 Å². The maximum absolute atomic E-state index is 15.0. The van der Waals surface area contributed by atoms with Crippen LogP contribution in [-0.2, 0) is 9.59 Å². The zero-order valence-corrected chi connectivity index (χ0v) is 37.7. The molecule has 2 aliphatic rings. The van der Waals surface area contributed by atoms with Gasteiger partial charge in [-0.3, -0.25) is 23.7 Å². The first kappa shape index (κ1) is 44.1. The smallest absolute Gasteiger partial charge is 0.258 e. The summed E-state index contributed by atoms with van der Waals surface area (Å²) in [6.07, 6.45) is 3.92. The number of aromatic nitrogens is 4. The Morgan fingerprint density at radius 3 is 1.42 bits per heavy atom. The van der Waals surface area contributed by atoms with E-state index >= 15 is 0 Å². The van der Waals surface area contributed by atoms with Gasteiger partial charge in [0, 0.05) is 71.1 Å². The van der Waals surface area contributed by atoms with E-state index in [1.165, 1.54) is 14.2 Å². The lowest BCUT2D eigenvalue weighted by Gasteiger charge is -2.44. The second-order valence-electron chi connectivity index (χ2n) is 16.7. The molecule has 0 radical (unpaired) electrons. The van der Waals surface area contributed by atoms with Crippen LogP contribution in [0.4, 0.5) is 22.7 Å². The monoisotopic (exact) mass is 894 g/mol. The van der Waals surface area contributed by atoms with Crippen LogP contribution < -0.4 is 29.1 Å². The zero-order valence-electron chi connectivity index (χ0n) is 37.7. The van der Waals surface area contributed by atoms with Gasteiger partial charge in [0.25, 0.3) is 11.8 Å². The molecule has 0 spiro atoms. The number of fused-ring (bicyclic) bond motifs is 2. The fraction of sp³-hybridized carbons (Fsp3) is 0.226. The predicted octanol–water partition coefficient (Wildman–Crippen LogP) is 9.19. The normalized spacial score (nSPS) is 17.4. The summed E-state index contributed by atoms with van der Waals surface area (Å²) in [5.41, 5.74) is 6.12. The summed E-state index contributed by atoms with van der Waals surface area (Å²) in [5.74, 6) is -0.357. The van der Waals surface area contributed by atoms with Crippen LogP contribution in [0, 0.1) is 0 Å². The second-order valence-corrected chi connectivity index (χ2v) is 16.7. The first-order chi connectivity index (χ1) is 32.6. The molecule has 14 nitrogen and oxygen atoms in total. The van der Waals surface area contributed by atoms with Gasteiger partial charge in [-0.05, 0) is 98.5 Å². The molecule has 0 saturated carbocycles. The Hall–Kier alpha value is -8.13. The van der Waals surface area contributed by atoms with E-state index in [0.717, 1.165) is 22.5 Å². The molecular weight excluding hydrogens is 845 g/mol. The van der Waals surface area contributed by atoms with E-state index < -0.39 is 12.1 Å². The standard InChI is InChI=1S/C53H50N8O6/c1-35-29-46(42-19-11-13-21-44(42)58(35)52(64)37-23-25-39(26-24-37)57-33-54-55-34-57)60(40-15-7-5-8-16-40)50(62)27-28-51(63)61(41-17-9-6-10-18-41)47-30-36(2)59(45-22-14-12-20-43(45)47)53(65)38-31-48(66-3)56-49(32-38)67-4/h5-26,31-36,46-47H,27-30H2,1-4H3/t35-,36-,46+,47+/m1/s1. The largest absolute Gasteiger partial charge is 0.481 e. The van der Waals surface area contributed by atoms with Crippen molar-refractivity contribution in [3.63, 3.8) is 0 Å². The molecule has 0 bridgehead atoms. The minimum absolute atomic E-state index is 0.0776. The minimum atomic E-state index is -0.458. The molecule has 4 amide bonds. The van der Waals surface area contributed by atoms with Crippen LogP contribution in [0.3, 0.4) is 0 Å². The fourth-order valence-corrected chi connectivity index (χ4v) is 9.50. The molecule has 4 atom stereocenters. The van der Waals surface area contributed by atoms with Crippen LogP contribution in [0.2, 0.25) is 0 Å². The van der Waals surface area contributed by atoms with Gasteiger partial charge >= 0.3 is 0 Å². The molecule has 0 saturated heterocycles. The van der Waals surface area contributed by atoms with Crippen molar-refractivity contribution in [3.05, 3.63) is 181 Å². The lowest BCUT2D eigenvalue weighted by molar-refractivity contribution is -0.124. The van der Waals surface area contributed by atoms with Gasteiger partial charge in [-0.15, -0.1) is 10.2 Å². The van der Waals surface area contributed by atoms with Crippen LogP contribution in [0.1, 0.15) is 83.5 Å². The summed E-state index contributed by atoms with van der Waals surface area (Å²) in [4.78, 5) is 70.1. The highest BCUT2D eigenvalue weighted by Gasteiger charge is 2.41. The van der Waals surface area contributed by atoms with Gasteiger partial charge in [-0.1, -0.05) is 72.8 Å². The molecule has 0 fully saturated rings. The van der Waals surface area contributed by atoms with E-state index in [9.17, 15) is 19.2 Å². The summed E-state index contributed by atoms with van der Waals surface area (Å²) >= 11 is 0. The van der Waals surface area contributed by atoms with Crippen LogP contribution in [-0.4, -0.2) is 69.7 Å². The van der Waals surface area contributed by atoms with E-state index in [1.54, 1.807) is 56.2 Å². The number of carbonyl (C=O) groups excluding carboxylic acids is 4. The first-order valence-electron chi connectivity index (χ1n) is 22.3. The summed E-state index contributed by atoms with van der Waals surface area (Å²) in [6.45, 7) is 3.98. The second kappa shape index (κ2) is 19.1. The van der Waals surface area contributed by atoms with E-state index in [-0.39, 0.29) is 60.3 Å². The highest BCUT2D eigenvalue weighted by atomic mass is 16.5. The number of hydrogen-bond acceptors (Lipinski definition) is 9. The van der Waals surface area contributed by atoms with E-state index in [2.05, 4.69) is 15.2 Å². The van der Waals surface area contributed by atoms with Gasteiger partial charge in [0.05, 0.1) is 31.9 Å². The molecule has 2 aromatic heterocycles. The number of ether oxygens (including phenoxy) is 2. The molecule has 0 aliphatic carbocycles. The third-order valence-electron chi connectivity index (χ3n) is 12.6. The maximum atomic E-state index is 15.0. The molecule has 5 aromatic carbocycles. The van der Waals surface area contributed by atoms with Gasteiger partial charge < -0.3 is 29.1 Å². The Morgan fingerprint density at radius 1 is 0.552 bits per heavy atom. The number of nitrogens with zero attached hydrogens (tertiary/aromatic N) is 8. The molecule has 14 heteroatoms.